The van der Waals surface area contributed by atoms with E-state index in [0.29, 0.717) is 17.9 Å². The van der Waals surface area contributed by atoms with Gasteiger partial charge in [0.1, 0.15) is 11.5 Å². The highest BCUT2D eigenvalue weighted by atomic mass is 16.5. The standard InChI is InChI=1S/C26H25N3O4/c1-3-33-22-13-9-18(10-14-22)17-29-24(19-7-5-4-6-8-19)23(26(31)28-29)27-25(30)20-11-15-21(32-2)16-12-20/h4-17,23-24H,3H2,1-2H3,(H-,27,28,30,31)/p+1/b29-17-/t23-,24-/m1/s1. The lowest BCUT2D eigenvalue weighted by atomic mass is 10.00. The lowest BCUT2D eigenvalue weighted by Crippen LogP contribution is -2.42. The first-order valence-electron chi connectivity index (χ1n) is 10.8. The lowest BCUT2D eigenvalue weighted by molar-refractivity contribution is -0.596. The molecule has 2 N–H and O–H groups in total. The summed E-state index contributed by atoms with van der Waals surface area (Å²) in [4.78, 5) is 25.8. The number of methoxy groups -OCH3 is 1. The number of carbonyl (C=O) groups excluding carboxylic acids is 2. The summed E-state index contributed by atoms with van der Waals surface area (Å²) in [5.74, 6) is 0.822. The van der Waals surface area contributed by atoms with E-state index in [2.05, 4.69) is 10.7 Å². The number of amides is 2. The van der Waals surface area contributed by atoms with Crippen molar-refractivity contribution in [3.05, 3.63) is 95.6 Å². The van der Waals surface area contributed by atoms with Crippen LogP contribution in [0.3, 0.4) is 0 Å². The third-order valence-corrected chi connectivity index (χ3v) is 5.40. The van der Waals surface area contributed by atoms with Crippen molar-refractivity contribution < 1.29 is 23.7 Å². The summed E-state index contributed by atoms with van der Waals surface area (Å²) in [7, 11) is 1.57. The molecule has 1 aliphatic heterocycles. The lowest BCUT2D eigenvalue weighted by Gasteiger charge is -2.15. The molecule has 0 aromatic heterocycles. The molecule has 3 aromatic carbocycles. The predicted octanol–water partition coefficient (Wildman–Crippen LogP) is 3.11. The normalized spacial score (nSPS) is 18.6. The highest BCUT2D eigenvalue weighted by Gasteiger charge is 2.47. The van der Waals surface area contributed by atoms with E-state index in [9.17, 15) is 9.59 Å². The van der Waals surface area contributed by atoms with E-state index >= 15 is 0 Å². The van der Waals surface area contributed by atoms with Gasteiger partial charge >= 0.3 is 5.91 Å². The van der Waals surface area contributed by atoms with Gasteiger partial charge in [-0.05, 0) is 55.5 Å². The number of nitrogens with one attached hydrogen (secondary N) is 2. The Hall–Kier alpha value is -4.13. The first-order chi connectivity index (χ1) is 16.1. The van der Waals surface area contributed by atoms with Crippen molar-refractivity contribution in [1.82, 2.24) is 10.7 Å². The number of ether oxygens (including phenoxy) is 2. The zero-order valence-electron chi connectivity index (χ0n) is 18.5. The summed E-state index contributed by atoms with van der Waals surface area (Å²) in [6, 6.07) is 22.8. The fourth-order valence-corrected chi connectivity index (χ4v) is 3.77. The molecule has 0 radical (unpaired) electrons. The Morgan fingerprint density at radius 2 is 1.67 bits per heavy atom. The molecule has 0 spiro atoms. The van der Waals surface area contributed by atoms with Crippen LogP contribution in [0.2, 0.25) is 0 Å². The Labute approximate surface area is 192 Å². The maximum absolute atomic E-state index is 12.9. The molecular weight excluding hydrogens is 418 g/mol. The van der Waals surface area contributed by atoms with Crippen molar-refractivity contribution in [2.75, 3.05) is 13.7 Å². The van der Waals surface area contributed by atoms with Gasteiger partial charge in [-0.3, -0.25) is 9.59 Å². The SMILES string of the molecule is CCOc1ccc(/C=[N+]2\NC(=O)[C@H](NC(=O)c3ccc(OC)cc3)[C@H]2c2ccccc2)cc1. The second kappa shape index (κ2) is 9.99. The molecular formula is C26H26N3O4+. The van der Waals surface area contributed by atoms with Crippen molar-refractivity contribution in [3.8, 4) is 11.5 Å². The molecule has 33 heavy (non-hydrogen) atoms. The van der Waals surface area contributed by atoms with Crippen molar-refractivity contribution in [2.45, 2.75) is 19.0 Å². The molecule has 1 heterocycles. The van der Waals surface area contributed by atoms with Gasteiger partial charge in [0.2, 0.25) is 12.3 Å². The van der Waals surface area contributed by atoms with Gasteiger partial charge < -0.3 is 14.8 Å². The van der Waals surface area contributed by atoms with Crippen LogP contribution in [-0.4, -0.2) is 42.5 Å². The Kier molecular flexibility index (Phi) is 6.69. The van der Waals surface area contributed by atoms with Crippen molar-refractivity contribution >= 4 is 18.0 Å². The first kappa shape index (κ1) is 22.1. The molecule has 7 nitrogen and oxygen atoms in total. The molecule has 7 heteroatoms. The zero-order valence-corrected chi connectivity index (χ0v) is 18.5. The summed E-state index contributed by atoms with van der Waals surface area (Å²) in [5, 5.41) is 2.90. The molecule has 0 aliphatic carbocycles. The first-order valence-corrected chi connectivity index (χ1v) is 10.8. The third kappa shape index (κ3) is 5.03. The summed E-state index contributed by atoms with van der Waals surface area (Å²) < 4.78 is 12.4. The third-order valence-electron chi connectivity index (χ3n) is 5.40. The molecule has 2 amide bonds. The van der Waals surface area contributed by atoms with Crippen LogP contribution in [-0.2, 0) is 4.79 Å². The Morgan fingerprint density at radius 3 is 2.30 bits per heavy atom. The van der Waals surface area contributed by atoms with Gasteiger partial charge in [-0.15, -0.1) is 10.1 Å². The van der Waals surface area contributed by atoms with Crippen LogP contribution in [0.1, 0.15) is 34.5 Å². The number of hydrazine groups is 1. The van der Waals surface area contributed by atoms with Crippen LogP contribution in [0.4, 0.5) is 0 Å². The molecule has 0 unspecified atom stereocenters. The van der Waals surface area contributed by atoms with Crippen molar-refractivity contribution in [3.63, 3.8) is 0 Å². The number of carbonyl (C=O) groups is 2. The minimum absolute atomic E-state index is 0.284. The summed E-state index contributed by atoms with van der Waals surface area (Å²) in [6.45, 7) is 2.53. The van der Waals surface area contributed by atoms with Crippen molar-refractivity contribution in [2.24, 2.45) is 0 Å². The van der Waals surface area contributed by atoms with Gasteiger partial charge in [-0.25, -0.2) is 0 Å². The summed E-state index contributed by atoms with van der Waals surface area (Å²) in [5.41, 5.74) is 5.13. The zero-order chi connectivity index (χ0) is 23.2. The minimum atomic E-state index is -0.777. The number of rotatable bonds is 7. The van der Waals surface area contributed by atoms with Crippen LogP contribution in [0.5, 0.6) is 11.5 Å². The van der Waals surface area contributed by atoms with E-state index in [-0.39, 0.29) is 11.8 Å². The summed E-state index contributed by atoms with van der Waals surface area (Å²) >= 11 is 0. The molecule has 1 saturated heterocycles. The predicted molar refractivity (Wildman–Crippen MR) is 125 cm³/mol. The molecule has 1 fully saturated rings. The van der Waals surface area contributed by atoms with Gasteiger partial charge in [-0.1, -0.05) is 30.3 Å². The summed E-state index contributed by atoms with van der Waals surface area (Å²) in [6.07, 6.45) is 1.85. The molecule has 168 valence electrons. The minimum Gasteiger partial charge on any atom is -0.497 e. The number of hydrogen-bond donors (Lipinski definition) is 2. The maximum Gasteiger partial charge on any atom is 0.304 e. The average molecular weight is 445 g/mol. The fraction of sp³-hybridized carbons (Fsp3) is 0.192. The van der Waals surface area contributed by atoms with E-state index in [1.807, 2.05) is 67.7 Å². The van der Waals surface area contributed by atoms with E-state index in [4.69, 9.17) is 9.47 Å². The van der Waals surface area contributed by atoms with E-state index in [1.54, 1.807) is 36.1 Å². The van der Waals surface area contributed by atoms with Crippen LogP contribution in [0.15, 0.2) is 78.9 Å². The molecule has 4 rings (SSSR count). The number of benzene rings is 3. The highest BCUT2D eigenvalue weighted by molar-refractivity contribution is 5.98. The van der Waals surface area contributed by atoms with E-state index < -0.39 is 12.1 Å². The topological polar surface area (TPSA) is 79.7 Å². The Balaban J connectivity index is 1.63. The molecule has 1 aliphatic rings. The maximum atomic E-state index is 12.9. The molecule has 0 saturated carbocycles. The molecule has 2 atom stereocenters. The largest absolute Gasteiger partial charge is 0.497 e. The van der Waals surface area contributed by atoms with E-state index in [0.717, 1.165) is 16.9 Å². The second-order valence-electron chi connectivity index (χ2n) is 7.55. The average Bonchev–Trinajstić information content (AvgIpc) is 3.15. The van der Waals surface area contributed by atoms with Crippen LogP contribution < -0.4 is 20.2 Å². The van der Waals surface area contributed by atoms with Gasteiger partial charge in [0.25, 0.3) is 5.91 Å². The quantitative estimate of drug-likeness (QED) is 0.549. The van der Waals surface area contributed by atoms with E-state index in [1.165, 1.54) is 0 Å². The van der Waals surface area contributed by atoms with Crippen LogP contribution in [0.25, 0.3) is 0 Å². The van der Waals surface area contributed by atoms with Crippen LogP contribution in [0, 0.1) is 0 Å². The number of hydrazone groups is 1. The van der Waals surface area contributed by atoms with Gasteiger partial charge in [0, 0.05) is 16.7 Å². The van der Waals surface area contributed by atoms with Gasteiger partial charge in [0.05, 0.1) is 13.7 Å². The van der Waals surface area contributed by atoms with Crippen molar-refractivity contribution in [1.29, 1.82) is 0 Å². The Morgan fingerprint density at radius 1 is 1.00 bits per heavy atom. The smallest absolute Gasteiger partial charge is 0.304 e. The monoisotopic (exact) mass is 444 g/mol. The van der Waals surface area contributed by atoms with Crippen LogP contribution >= 0.6 is 0 Å². The highest BCUT2D eigenvalue weighted by Crippen LogP contribution is 2.25. The fourth-order valence-electron chi connectivity index (χ4n) is 3.77. The number of hydrogen-bond acceptors (Lipinski definition) is 4. The van der Waals surface area contributed by atoms with Gasteiger partial charge in [0.15, 0.2) is 6.04 Å². The number of nitrogens with zero attached hydrogens (tertiary/aromatic N) is 1. The Bertz CT molecular complexity index is 1140. The van der Waals surface area contributed by atoms with Gasteiger partial charge in [-0.2, -0.15) is 0 Å². The second-order valence-corrected chi connectivity index (χ2v) is 7.55. The molecule has 3 aromatic rings. The molecule has 0 bridgehead atoms.